The third-order valence-electron chi connectivity index (χ3n) is 4.75. The van der Waals surface area contributed by atoms with Crippen LogP contribution >= 0.6 is 24.2 Å². The third kappa shape index (κ3) is 1.66. The number of rotatable bonds is 0. The van der Waals surface area contributed by atoms with Crippen molar-refractivity contribution in [3.05, 3.63) is 11.8 Å². The minimum atomic E-state index is 0. The lowest BCUT2D eigenvalue weighted by atomic mass is 9.78. The van der Waals surface area contributed by atoms with Crippen LogP contribution in [0.15, 0.2) is 16.8 Å². The van der Waals surface area contributed by atoms with Gasteiger partial charge in [-0.05, 0) is 24.8 Å². The Kier molecular flexibility index (Phi) is 3.16. The average molecular weight is 271 g/mol. The number of hydrogen-bond donors (Lipinski definition) is 0. The van der Waals surface area contributed by atoms with Crippen molar-refractivity contribution in [3.8, 4) is 0 Å². The smallest absolute Gasteiger partial charge is 0.0475 e. The first-order valence-electron chi connectivity index (χ1n) is 6.53. The molecule has 0 radical (unpaired) electrons. The van der Waals surface area contributed by atoms with E-state index in [0.717, 1.165) is 29.7 Å². The van der Waals surface area contributed by atoms with Gasteiger partial charge in [-0.1, -0.05) is 6.42 Å². The van der Waals surface area contributed by atoms with Gasteiger partial charge in [-0.3, -0.25) is 4.99 Å². The molecule has 4 heteroatoms. The van der Waals surface area contributed by atoms with Gasteiger partial charge in [-0.15, -0.1) is 12.4 Å². The zero-order chi connectivity index (χ0) is 10.5. The average Bonchev–Trinajstić information content (AvgIpc) is 2.68. The van der Waals surface area contributed by atoms with Crippen molar-refractivity contribution in [1.82, 2.24) is 4.90 Å². The van der Waals surface area contributed by atoms with Gasteiger partial charge in [0.2, 0.25) is 0 Å². The zero-order valence-electron chi connectivity index (χ0n) is 9.92. The van der Waals surface area contributed by atoms with E-state index in [2.05, 4.69) is 27.7 Å². The maximum Gasteiger partial charge on any atom is 0.0475 e. The van der Waals surface area contributed by atoms with Crippen molar-refractivity contribution in [3.63, 3.8) is 0 Å². The zero-order valence-corrected chi connectivity index (χ0v) is 11.6. The molecule has 2 nitrogen and oxygen atoms in total. The highest BCUT2D eigenvalue weighted by Crippen LogP contribution is 2.51. The molecule has 3 aliphatic heterocycles. The van der Waals surface area contributed by atoms with E-state index in [4.69, 9.17) is 0 Å². The van der Waals surface area contributed by atoms with Gasteiger partial charge in [0.15, 0.2) is 0 Å². The number of dihydropyridines is 1. The fraction of sp³-hybridized carbons (Fsp3) is 0.769. The maximum absolute atomic E-state index is 4.49. The molecule has 0 aromatic rings. The first kappa shape index (κ1) is 11.9. The molecule has 3 heterocycles. The van der Waals surface area contributed by atoms with Crippen molar-refractivity contribution in [2.45, 2.75) is 30.6 Å². The van der Waals surface area contributed by atoms with E-state index in [-0.39, 0.29) is 12.4 Å². The second-order valence-electron chi connectivity index (χ2n) is 5.40. The van der Waals surface area contributed by atoms with Gasteiger partial charge in [0.25, 0.3) is 0 Å². The summed E-state index contributed by atoms with van der Waals surface area (Å²) < 4.78 is 0. The van der Waals surface area contributed by atoms with E-state index in [1.165, 1.54) is 31.6 Å². The fourth-order valence-electron chi connectivity index (χ4n) is 4.16. The molecule has 4 rings (SSSR count). The van der Waals surface area contributed by atoms with Crippen LogP contribution < -0.4 is 0 Å². The van der Waals surface area contributed by atoms with E-state index in [9.17, 15) is 0 Å². The van der Waals surface area contributed by atoms with Crippen LogP contribution in [0.4, 0.5) is 0 Å². The molecule has 2 saturated heterocycles. The summed E-state index contributed by atoms with van der Waals surface area (Å²) in [5.41, 5.74) is 1.62. The molecule has 4 unspecified atom stereocenters. The van der Waals surface area contributed by atoms with Crippen LogP contribution in [0.2, 0.25) is 0 Å². The molecule has 94 valence electrons. The van der Waals surface area contributed by atoms with Gasteiger partial charge in [0.05, 0.1) is 0 Å². The Labute approximate surface area is 113 Å². The van der Waals surface area contributed by atoms with Gasteiger partial charge in [0, 0.05) is 48.0 Å². The molecule has 4 aliphatic rings. The minimum Gasteiger partial charge on any atom is -0.369 e. The van der Waals surface area contributed by atoms with Gasteiger partial charge in [0.1, 0.15) is 0 Å². The molecule has 1 saturated carbocycles. The van der Waals surface area contributed by atoms with Crippen LogP contribution in [0.25, 0.3) is 0 Å². The molecule has 4 atom stereocenters. The summed E-state index contributed by atoms with van der Waals surface area (Å²) in [6, 6.07) is 0.852. The Morgan fingerprint density at radius 3 is 3.24 bits per heavy atom. The Bertz CT molecular complexity index is 366. The molecule has 0 aromatic carbocycles. The molecule has 0 N–H and O–H groups in total. The lowest BCUT2D eigenvalue weighted by Crippen LogP contribution is -2.47. The molecule has 0 spiro atoms. The highest BCUT2D eigenvalue weighted by atomic mass is 35.5. The number of allylic oxidation sites excluding steroid dienone is 1. The van der Waals surface area contributed by atoms with Crippen LogP contribution in [0.1, 0.15) is 19.3 Å². The largest absolute Gasteiger partial charge is 0.369 e. The van der Waals surface area contributed by atoms with E-state index < -0.39 is 0 Å². The fourth-order valence-corrected chi connectivity index (χ4v) is 5.65. The van der Waals surface area contributed by atoms with Gasteiger partial charge < -0.3 is 4.90 Å². The van der Waals surface area contributed by atoms with Crippen LogP contribution in [0.5, 0.6) is 0 Å². The first-order chi connectivity index (χ1) is 7.95. The number of thioether (sulfide) groups is 1. The Morgan fingerprint density at radius 1 is 1.35 bits per heavy atom. The monoisotopic (exact) mass is 270 g/mol. The van der Waals surface area contributed by atoms with Gasteiger partial charge in [-0.25, -0.2) is 0 Å². The summed E-state index contributed by atoms with van der Waals surface area (Å²) >= 11 is 2.23. The van der Waals surface area contributed by atoms with Crippen LogP contribution in [-0.2, 0) is 0 Å². The van der Waals surface area contributed by atoms with Crippen molar-refractivity contribution >= 4 is 30.4 Å². The first-order valence-corrected chi connectivity index (χ1v) is 7.58. The second-order valence-corrected chi connectivity index (χ2v) is 6.75. The number of fused-ring (bicyclic) bond motifs is 3. The topological polar surface area (TPSA) is 15.6 Å². The Balaban J connectivity index is 0.000000902. The molecule has 0 amide bonds. The highest BCUT2D eigenvalue weighted by molar-refractivity contribution is 8.00. The number of halogens is 1. The van der Waals surface area contributed by atoms with Crippen LogP contribution in [-0.4, -0.2) is 41.2 Å². The van der Waals surface area contributed by atoms with Crippen LogP contribution in [0.3, 0.4) is 0 Å². The molecule has 0 bridgehead atoms. The molecule has 17 heavy (non-hydrogen) atoms. The number of nitrogens with zero attached hydrogens (tertiary/aromatic N) is 2. The molecular formula is C13H19ClN2S. The van der Waals surface area contributed by atoms with Crippen molar-refractivity contribution in [2.24, 2.45) is 16.8 Å². The van der Waals surface area contributed by atoms with E-state index in [1.807, 2.05) is 6.21 Å². The Morgan fingerprint density at radius 2 is 2.29 bits per heavy atom. The standard InChI is InChI=1S/C13H18N2S.ClH/c1-2-9-10-8-14-5-4-11(10)15-6-7-16-12(3-1)13(9)15;/h4-5,9-10,12-13H,1-3,6-8H2;1H. The predicted octanol–water partition coefficient (Wildman–Crippen LogP) is 2.59. The predicted molar refractivity (Wildman–Crippen MR) is 76.3 cm³/mol. The molecule has 0 aromatic heterocycles. The van der Waals surface area contributed by atoms with E-state index in [0.29, 0.717) is 0 Å². The summed E-state index contributed by atoms with van der Waals surface area (Å²) in [7, 11) is 0. The summed E-state index contributed by atoms with van der Waals surface area (Å²) in [6.07, 6.45) is 8.65. The van der Waals surface area contributed by atoms with E-state index >= 15 is 0 Å². The Hall–Kier alpha value is -0.150. The minimum absolute atomic E-state index is 0. The van der Waals surface area contributed by atoms with Crippen molar-refractivity contribution < 1.29 is 0 Å². The third-order valence-corrected chi connectivity index (χ3v) is 6.11. The summed E-state index contributed by atoms with van der Waals surface area (Å²) in [5.74, 6) is 3.00. The molecule has 3 fully saturated rings. The normalized spacial score (nSPS) is 42.4. The lowest BCUT2D eigenvalue weighted by Gasteiger charge is -2.43. The lowest BCUT2D eigenvalue weighted by molar-refractivity contribution is 0.197. The van der Waals surface area contributed by atoms with Crippen LogP contribution in [0, 0.1) is 11.8 Å². The molecular weight excluding hydrogens is 252 g/mol. The second kappa shape index (κ2) is 4.51. The van der Waals surface area contributed by atoms with Crippen molar-refractivity contribution in [2.75, 3.05) is 18.8 Å². The van der Waals surface area contributed by atoms with Gasteiger partial charge >= 0.3 is 0 Å². The summed E-state index contributed by atoms with van der Waals surface area (Å²) in [5, 5.41) is 0.916. The highest BCUT2D eigenvalue weighted by Gasteiger charge is 2.51. The number of aliphatic imine (C=N–C) groups is 1. The number of hydrogen-bond acceptors (Lipinski definition) is 3. The summed E-state index contributed by atoms with van der Waals surface area (Å²) in [4.78, 5) is 7.23. The quantitative estimate of drug-likeness (QED) is 0.672. The maximum atomic E-state index is 4.49. The summed E-state index contributed by atoms with van der Waals surface area (Å²) in [6.45, 7) is 2.33. The molecule has 1 aliphatic carbocycles. The van der Waals surface area contributed by atoms with Gasteiger partial charge in [-0.2, -0.15) is 11.8 Å². The van der Waals surface area contributed by atoms with E-state index in [1.54, 1.807) is 5.70 Å². The SMILES string of the molecule is C1=NCC2C(=C1)N1CCSC3CCCC2C31.Cl. The van der Waals surface area contributed by atoms with Crippen molar-refractivity contribution in [1.29, 1.82) is 0 Å².